The topological polar surface area (TPSA) is 36.4 Å². The molecule has 1 aromatic heterocycles. The molecule has 2 heterocycles. The van der Waals surface area contributed by atoms with E-state index in [0.29, 0.717) is 5.75 Å². The molecule has 0 radical (unpaired) electrons. The average Bonchev–Trinajstić information content (AvgIpc) is 3.12. The second-order valence-corrected chi connectivity index (χ2v) is 9.94. The van der Waals surface area contributed by atoms with E-state index < -0.39 is 0 Å². The molecule has 3 rings (SSSR count). The predicted molar refractivity (Wildman–Crippen MR) is 115 cm³/mol. The Kier molecular flexibility index (Phi) is 6.95. The molecule has 0 saturated carbocycles. The van der Waals surface area contributed by atoms with Gasteiger partial charge in [-0.1, -0.05) is 51.1 Å². The van der Waals surface area contributed by atoms with Gasteiger partial charge in [0.1, 0.15) is 5.01 Å². The van der Waals surface area contributed by atoms with Crippen molar-refractivity contribution in [3.8, 4) is 0 Å². The number of rotatable bonds is 6. The monoisotopic (exact) mass is 403 g/mol. The Labute approximate surface area is 171 Å². The number of carbonyl (C=O) groups excluding carboxylic acids is 1. The van der Waals surface area contributed by atoms with Gasteiger partial charge in [0.25, 0.3) is 0 Å². The molecule has 0 atom stereocenters. The van der Waals surface area contributed by atoms with Crippen LogP contribution in [-0.4, -0.2) is 52.6 Å². The Balaban J connectivity index is 1.39. The minimum absolute atomic E-state index is 0.108. The molecule has 0 bridgehead atoms. The Morgan fingerprint density at radius 2 is 1.85 bits per heavy atom. The van der Waals surface area contributed by atoms with Crippen LogP contribution in [0, 0.1) is 0 Å². The molecule has 0 spiro atoms. The van der Waals surface area contributed by atoms with E-state index in [1.165, 1.54) is 16.3 Å². The molecule has 4 nitrogen and oxygen atoms in total. The number of nitrogens with zero attached hydrogens (tertiary/aromatic N) is 3. The molecule has 1 saturated heterocycles. The van der Waals surface area contributed by atoms with Gasteiger partial charge in [-0.2, -0.15) is 0 Å². The number of benzene rings is 1. The molecule has 6 heteroatoms. The highest BCUT2D eigenvalue weighted by Gasteiger charge is 2.23. The molecule has 146 valence electrons. The van der Waals surface area contributed by atoms with E-state index in [1.807, 2.05) is 23.1 Å². The molecule has 1 fully saturated rings. The molecule has 1 aromatic carbocycles. The number of thioether (sulfide) groups is 1. The minimum atomic E-state index is 0.108. The van der Waals surface area contributed by atoms with Crippen molar-refractivity contribution in [2.24, 2.45) is 0 Å². The van der Waals surface area contributed by atoms with Crippen LogP contribution in [-0.2, 0) is 22.5 Å². The van der Waals surface area contributed by atoms with Gasteiger partial charge in [-0.05, 0) is 5.56 Å². The summed E-state index contributed by atoms with van der Waals surface area (Å²) in [6.07, 6.45) is 0. The van der Waals surface area contributed by atoms with Crippen LogP contribution in [0.25, 0.3) is 0 Å². The summed E-state index contributed by atoms with van der Waals surface area (Å²) in [6.45, 7) is 11.0. The molecule has 1 aliphatic heterocycles. The number of amides is 1. The lowest BCUT2D eigenvalue weighted by atomic mass is 9.93. The van der Waals surface area contributed by atoms with Crippen molar-refractivity contribution in [1.29, 1.82) is 0 Å². The van der Waals surface area contributed by atoms with Crippen LogP contribution in [0.1, 0.15) is 37.0 Å². The van der Waals surface area contributed by atoms with Crippen molar-refractivity contribution in [3.63, 3.8) is 0 Å². The first-order valence-corrected chi connectivity index (χ1v) is 11.5. The summed E-state index contributed by atoms with van der Waals surface area (Å²) >= 11 is 3.45. The van der Waals surface area contributed by atoms with Gasteiger partial charge in [0.15, 0.2) is 0 Å². The largest absolute Gasteiger partial charge is 0.339 e. The number of hydrogen-bond acceptors (Lipinski definition) is 5. The lowest BCUT2D eigenvalue weighted by molar-refractivity contribution is -0.130. The van der Waals surface area contributed by atoms with E-state index in [1.54, 1.807) is 23.1 Å². The van der Waals surface area contributed by atoms with Gasteiger partial charge in [0.05, 0.1) is 18.0 Å². The number of carbonyl (C=O) groups is 1. The van der Waals surface area contributed by atoms with Gasteiger partial charge < -0.3 is 4.90 Å². The normalized spacial score (nSPS) is 15.9. The zero-order valence-electron chi connectivity index (χ0n) is 16.5. The van der Waals surface area contributed by atoms with Crippen LogP contribution >= 0.6 is 23.1 Å². The Hall–Kier alpha value is -1.37. The quantitative estimate of drug-likeness (QED) is 0.730. The Bertz CT molecular complexity index is 731. The third kappa shape index (κ3) is 6.06. The molecule has 0 N–H and O–H groups in total. The summed E-state index contributed by atoms with van der Waals surface area (Å²) in [6, 6.07) is 10.3. The smallest absolute Gasteiger partial charge is 0.232 e. The maximum absolute atomic E-state index is 12.4. The van der Waals surface area contributed by atoms with E-state index in [4.69, 9.17) is 4.98 Å². The van der Waals surface area contributed by atoms with Gasteiger partial charge in [-0.15, -0.1) is 23.1 Å². The lowest BCUT2D eigenvalue weighted by Gasteiger charge is -2.34. The maximum Gasteiger partial charge on any atom is 0.232 e. The highest BCUT2D eigenvalue weighted by Crippen LogP contribution is 2.24. The van der Waals surface area contributed by atoms with E-state index in [0.717, 1.165) is 38.5 Å². The van der Waals surface area contributed by atoms with Gasteiger partial charge in [-0.3, -0.25) is 9.69 Å². The second kappa shape index (κ2) is 9.22. The van der Waals surface area contributed by atoms with Gasteiger partial charge in [0, 0.05) is 42.7 Å². The van der Waals surface area contributed by atoms with E-state index in [-0.39, 0.29) is 11.3 Å². The standard InChI is InChI=1S/C21H29N3OS2/c1-21(2,3)18-15-27-19(22-18)13-23-9-11-24(12-10-23)20(25)16-26-14-17-7-5-4-6-8-17/h4-8,15H,9-14,16H2,1-3H3. The predicted octanol–water partition coefficient (Wildman–Crippen LogP) is 4.02. The summed E-state index contributed by atoms with van der Waals surface area (Å²) in [4.78, 5) is 21.7. The fourth-order valence-corrected chi connectivity index (χ4v) is 4.95. The van der Waals surface area contributed by atoms with Crippen LogP contribution < -0.4 is 0 Å². The first-order valence-electron chi connectivity index (χ1n) is 9.48. The third-order valence-corrected chi connectivity index (χ3v) is 6.56. The van der Waals surface area contributed by atoms with Crippen molar-refractivity contribution >= 4 is 29.0 Å². The molecule has 1 amide bonds. The Morgan fingerprint density at radius 1 is 1.15 bits per heavy atom. The summed E-state index contributed by atoms with van der Waals surface area (Å²) < 4.78 is 0. The molecule has 0 aliphatic carbocycles. The third-order valence-electron chi connectivity index (χ3n) is 4.74. The van der Waals surface area contributed by atoms with E-state index >= 15 is 0 Å². The van der Waals surface area contributed by atoms with Gasteiger partial charge >= 0.3 is 0 Å². The SMILES string of the molecule is CC(C)(C)c1csc(CN2CCN(C(=O)CSCc3ccccc3)CC2)n1. The van der Waals surface area contributed by atoms with Gasteiger partial charge in [-0.25, -0.2) is 4.98 Å². The summed E-state index contributed by atoms with van der Waals surface area (Å²) in [5.74, 6) is 1.73. The maximum atomic E-state index is 12.4. The van der Waals surface area contributed by atoms with E-state index in [2.05, 4.69) is 43.2 Å². The summed E-state index contributed by atoms with van der Waals surface area (Å²) in [5.41, 5.74) is 2.56. The molecule has 1 aliphatic rings. The highest BCUT2D eigenvalue weighted by molar-refractivity contribution is 7.99. The first kappa shape index (κ1) is 20.4. The Morgan fingerprint density at radius 3 is 2.48 bits per heavy atom. The second-order valence-electron chi connectivity index (χ2n) is 8.01. The zero-order chi connectivity index (χ0) is 19.3. The van der Waals surface area contributed by atoms with Crippen LogP contribution in [0.2, 0.25) is 0 Å². The lowest BCUT2D eigenvalue weighted by Crippen LogP contribution is -2.48. The molecular weight excluding hydrogens is 374 g/mol. The number of aromatic nitrogens is 1. The minimum Gasteiger partial charge on any atom is -0.339 e. The zero-order valence-corrected chi connectivity index (χ0v) is 18.1. The van der Waals surface area contributed by atoms with Crippen LogP contribution in [0.5, 0.6) is 0 Å². The number of piperazine rings is 1. The fraction of sp³-hybridized carbons (Fsp3) is 0.524. The molecule has 27 heavy (non-hydrogen) atoms. The highest BCUT2D eigenvalue weighted by atomic mass is 32.2. The van der Waals surface area contributed by atoms with Crippen LogP contribution in [0.15, 0.2) is 35.7 Å². The number of hydrogen-bond donors (Lipinski definition) is 0. The van der Waals surface area contributed by atoms with Crippen LogP contribution in [0.4, 0.5) is 0 Å². The molecular formula is C21H29N3OS2. The van der Waals surface area contributed by atoms with Crippen molar-refractivity contribution in [1.82, 2.24) is 14.8 Å². The van der Waals surface area contributed by atoms with Crippen molar-refractivity contribution in [2.75, 3.05) is 31.9 Å². The summed E-state index contributed by atoms with van der Waals surface area (Å²) in [5, 5.41) is 3.36. The number of thiazole rings is 1. The van der Waals surface area contributed by atoms with E-state index in [9.17, 15) is 4.79 Å². The fourth-order valence-electron chi connectivity index (χ4n) is 3.00. The first-order chi connectivity index (χ1) is 12.9. The van der Waals surface area contributed by atoms with Crippen molar-refractivity contribution in [2.45, 2.75) is 38.5 Å². The van der Waals surface area contributed by atoms with Gasteiger partial charge in [0.2, 0.25) is 5.91 Å². The molecule has 0 unspecified atom stereocenters. The summed E-state index contributed by atoms with van der Waals surface area (Å²) in [7, 11) is 0. The van der Waals surface area contributed by atoms with Crippen molar-refractivity contribution < 1.29 is 4.79 Å². The average molecular weight is 404 g/mol. The van der Waals surface area contributed by atoms with Crippen LogP contribution in [0.3, 0.4) is 0 Å². The molecule has 2 aromatic rings. The van der Waals surface area contributed by atoms with Crippen molar-refractivity contribution in [3.05, 3.63) is 52.0 Å².